The Labute approximate surface area is 144 Å². The number of hydrogen-bond donors (Lipinski definition) is 4. The third-order valence-electron chi connectivity index (χ3n) is 4.51. The molecule has 0 bridgehead atoms. The van der Waals surface area contributed by atoms with Crippen LogP contribution in [0.3, 0.4) is 0 Å². The topological polar surface area (TPSA) is 103 Å². The summed E-state index contributed by atoms with van der Waals surface area (Å²) in [6.45, 7) is -0.0339. The van der Waals surface area contributed by atoms with Crippen molar-refractivity contribution in [2.24, 2.45) is 0 Å². The Morgan fingerprint density at radius 2 is 2.16 bits per heavy atom. The van der Waals surface area contributed by atoms with E-state index in [0.29, 0.717) is 5.69 Å². The van der Waals surface area contributed by atoms with Gasteiger partial charge in [-0.05, 0) is 12.8 Å². The van der Waals surface area contributed by atoms with Crippen LogP contribution in [-0.2, 0) is 0 Å². The number of rotatable bonds is 5. The number of hydrazine groups is 2. The Morgan fingerprint density at radius 3 is 2.92 bits per heavy atom. The number of carbonyl (C=O) groups is 1. The molecule has 1 saturated carbocycles. The SMILES string of the molecule is O=C(NC1CC(N2NNC=C2CO)C1)c1cc(-c2ccccc2)no1. The van der Waals surface area contributed by atoms with Crippen LogP contribution in [0.15, 0.2) is 52.8 Å². The molecule has 1 aliphatic heterocycles. The average molecular weight is 341 g/mol. The van der Waals surface area contributed by atoms with E-state index >= 15 is 0 Å². The summed E-state index contributed by atoms with van der Waals surface area (Å²) in [5, 5.41) is 18.1. The maximum atomic E-state index is 12.3. The zero-order valence-electron chi connectivity index (χ0n) is 13.5. The largest absolute Gasteiger partial charge is 0.390 e. The number of nitrogens with zero attached hydrogens (tertiary/aromatic N) is 2. The highest BCUT2D eigenvalue weighted by atomic mass is 16.5. The molecule has 0 unspecified atom stereocenters. The van der Waals surface area contributed by atoms with Crippen LogP contribution < -0.4 is 16.3 Å². The Morgan fingerprint density at radius 1 is 1.36 bits per heavy atom. The van der Waals surface area contributed by atoms with Gasteiger partial charge in [-0.3, -0.25) is 9.80 Å². The second-order valence-electron chi connectivity index (χ2n) is 6.16. The lowest BCUT2D eigenvalue weighted by molar-refractivity contribution is 0.0633. The van der Waals surface area contributed by atoms with E-state index in [-0.39, 0.29) is 30.4 Å². The molecule has 4 rings (SSSR count). The Hall–Kier alpha value is -2.84. The van der Waals surface area contributed by atoms with E-state index in [0.717, 1.165) is 24.1 Å². The van der Waals surface area contributed by atoms with Gasteiger partial charge in [0, 0.05) is 23.9 Å². The molecule has 1 aromatic heterocycles. The Bertz CT molecular complexity index is 783. The molecule has 1 amide bonds. The number of hydrogen-bond acceptors (Lipinski definition) is 7. The molecule has 0 atom stereocenters. The van der Waals surface area contributed by atoms with Gasteiger partial charge >= 0.3 is 0 Å². The van der Waals surface area contributed by atoms with Crippen LogP contribution in [0.2, 0.25) is 0 Å². The Kier molecular flexibility index (Phi) is 4.12. The van der Waals surface area contributed by atoms with Gasteiger partial charge in [0.15, 0.2) is 0 Å². The number of aliphatic hydroxyl groups excluding tert-OH is 1. The van der Waals surface area contributed by atoms with E-state index in [1.807, 2.05) is 35.3 Å². The summed E-state index contributed by atoms with van der Waals surface area (Å²) < 4.78 is 5.17. The zero-order valence-corrected chi connectivity index (χ0v) is 13.5. The van der Waals surface area contributed by atoms with E-state index in [2.05, 4.69) is 21.4 Å². The van der Waals surface area contributed by atoms with Crippen molar-refractivity contribution in [3.8, 4) is 11.3 Å². The van der Waals surface area contributed by atoms with Crippen molar-refractivity contribution in [3.05, 3.63) is 54.1 Å². The molecule has 0 spiro atoms. The van der Waals surface area contributed by atoms with E-state index in [4.69, 9.17) is 4.52 Å². The van der Waals surface area contributed by atoms with Crippen molar-refractivity contribution in [3.63, 3.8) is 0 Å². The first-order valence-corrected chi connectivity index (χ1v) is 8.18. The molecule has 25 heavy (non-hydrogen) atoms. The summed E-state index contributed by atoms with van der Waals surface area (Å²) in [5.74, 6) is -0.0530. The van der Waals surface area contributed by atoms with E-state index < -0.39 is 0 Å². The van der Waals surface area contributed by atoms with Crippen molar-refractivity contribution >= 4 is 5.91 Å². The van der Waals surface area contributed by atoms with Crippen LogP contribution in [0.25, 0.3) is 11.3 Å². The van der Waals surface area contributed by atoms with Crippen molar-refractivity contribution in [2.45, 2.75) is 24.9 Å². The minimum atomic E-state index is -0.261. The third-order valence-corrected chi connectivity index (χ3v) is 4.51. The van der Waals surface area contributed by atoms with Gasteiger partial charge in [0.25, 0.3) is 5.91 Å². The van der Waals surface area contributed by atoms with Crippen LogP contribution >= 0.6 is 0 Å². The molecular formula is C17H19N5O3. The summed E-state index contributed by atoms with van der Waals surface area (Å²) in [4.78, 5) is 12.3. The minimum absolute atomic E-state index is 0.0339. The van der Waals surface area contributed by atoms with E-state index in [1.165, 1.54) is 0 Å². The molecule has 0 radical (unpaired) electrons. The number of aromatic nitrogens is 1. The predicted octanol–water partition coefficient (Wildman–Crippen LogP) is 0.761. The van der Waals surface area contributed by atoms with Gasteiger partial charge in [-0.15, -0.1) is 5.53 Å². The van der Waals surface area contributed by atoms with Gasteiger partial charge in [-0.2, -0.15) is 0 Å². The minimum Gasteiger partial charge on any atom is -0.390 e. The molecule has 2 aliphatic rings. The van der Waals surface area contributed by atoms with Crippen LogP contribution in [0.4, 0.5) is 0 Å². The lowest BCUT2D eigenvalue weighted by Gasteiger charge is -2.42. The highest BCUT2D eigenvalue weighted by Crippen LogP contribution is 2.28. The molecule has 0 saturated heterocycles. The van der Waals surface area contributed by atoms with Crippen LogP contribution in [0, 0.1) is 0 Å². The molecule has 130 valence electrons. The number of benzene rings is 1. The maximum absolute atomic E-state index is 12.3. The molecule has 8 heteroatoms. The standard InChI is InChI=1S/C17H19N5O3/c23-10-14-9-18-21-22(14)13-6-12(7-13)19-17(24)16-8-15(20-25-16)11-4-2-1-3-5-11/h1-5,8-9,12-13,18,21,23H,6-7,10H2,(H,19,24). The van der Waals surface area contributed by atoms with E-state index in [1.54, 1.807) is 12.3 Å². The van der Waals surface area contributed by atoms with E-state index in [9.17, 15) is 9.90 Å². The molecule has 2 heterocycles. The lowest BCUT2D eigenvalue weighted by Crippen LogP contribution is -2.57. The molecule has 8 nitrogen and oxygen atoms in total. The van der Waals surface area contributed by atoms with Gasteiger partial charge in [0.2, 0.25) is 5.76 Å². The fourth-order valence-electron chi connectivity index (χ4n) is 3.07. The van der Waals surface area contributed by atoms with Crippen LogP contribution in [-0.4, -0.2) is 39.9 Å². The van der Waals surface area contributed by atoms with Gasteiger partial charge in [0.05, 0.1) is 18.3 Å². The fraction of sp³-hybridized carbons (Fsp3) is 0.294. The quantitative estimate of drug-likeness (QED) is 0.637. The highest BCUT2D eigenvalue weighted by Gasteiger charge is 2.37. The first kappa shape index (κ1) is 15.7. The maximum Gasteiger partial charge on any atom is 0.290 e. The van der Waals surface area contributed by atoms with Crippen molar-refractivity contribution in [2.75, 3.05) is 6.61 Å². The first-order chi connectivity index (χ1) is 12.2. The number of aliphatic hydroxyl groups is 1. The normalized spacial score (nSPS) is 22.1. The van der Waals surface area contributed by atoms with Crippen molar-refractivity contribution in [1.29, 1.82) is 0 Å². The smallest absolute Gasteiger partial charge is 0.290 e. The zero-order chi connectivity index (χ0) is 17.2. The molecule has 1 fully saturated rings. The molecular weight excluding hydrogens is 322 g/mol. The third kappa shape index (κ3) is 3.09. The Balaban J connectivity index is 1.32. The summed E-state index contributed by atoms with van der Waals surface area (Å²) in [5.41, 5.74) is 8.18. The second-order valence-corrected chi connectivity index (χ2v) is 6.16. The number of nitrogens with one attached hydrogen (secondary N) is 3. The monoisotopic (exact) mass is 341 g/mol. The summed E-state index contributed by atoms with van der Waals surface area (Å²) in [6, 6.07) is 11.5. The van der Waals surface area contributed by atoms with Gasteiger partial charge in [-0.1, -0.05) is 35.5 Å². The molecule has 1 aliphatic carbocycles. The predicted molar refractivity (Wildman–Crippen MR) is 89.5 cm³/mol. The molecule has 2 aromatic rings. The first-order valence-electron chi connectivity index (χ1n) is 8.18. The highest BCUT2D eigenvalue weighted by molar-refractivity contribution is 5.92. The van der Waals surface area contributed by atoms with Crippen molar-refractivity contribution < 1.29 is 14.4 Å². The van der Waals surface area contributed by atoms with Gasteiger partial charge < -0.3 is 20.4 Å². The summed E-state index contributed by atoms with van der Waals surface area (Å²) in [6.07, 6.45) is 3.31. The van der Waals surface area contributed by atoms with Crippen molar-refractivity contribution in [1.82, 2.24) is 26.4 Å². The number of carbonyl (C=O) groups excluding carboxylic acids is 1. The fourth-order valence-corrected chi connectivity index (χ4v) is 3.07. The molecule has 4 N–H and O–H groups in total. The van der Waals surface area contributed by atoms with Crippen LogP contribution in [0.1, 0.15) is 23.4 Å². The molecule has 1 aromatic carbocycles. The van der Waals surface area contributed by atoms with Crippen LogP contribution in [0.5, 0.6) is 0 Å². The summed E-state index contributed by atoms with van der Waals surface area (Å²) in [7, 11) is 0. The average Bonchev–Trinajstić information content (AvgIpc) is 3.27. The van der Waals surface area contributed by atoms with Gasteiger partial charge in [0.1, 0.15) is 5.69 Å². The lowest BCUT2D eigenvalue weighted by atomic mass is 9.86. The number of amides is 1. The second kappa shape index (κ2) is 6.58. The summed E-state index contributed by atoms with van der Waals surface area (Å²) >= 11 is 0. The van der Waals surface area contributed by atoms with Gasteiger partial charge in [-0.25, -0.2) is 0 Å².